The van der Waals surface area contributed by atoms with Gasteiger partial charge in [0.25, 0.3) is 0 Å². The van der Waals surface area contributed by atoms with E-state index < -0.39 is 0 Å². The van der Waals surface area contributed by atoms with Gasteiger partial charge in [-0.15, -0.1) is 16.4 Å². The zero-order chi connectivity index (χ0) is 16.2. The van der Waals surface area contributed by atoms with Crippen molar-refractivity contribution >= 4 is 23.1 Å². The molecule has 0 N–H and O–H groups in total. The molecule has 7 heteroatoms. The SMILES string of the molecule is Cc1nnc(SCc2csc(-c3ccccn3)n2)c(C#N)c1C. The summed E-state index contributed by atoms with van der Waals surface area (Å²) in [6.07, 6.45) is 1.76. The van der Waals surface area contributed by atoms with E-state index in [2.05, 4.69) is 26.2 Å². The van der Waals surface area contributed by atoms with Crippen molar-refractivity contribution < 1.29 is 0 Å². The van der Waals surface area contributed by atoms with Crippen LogP contribution in [-0.4, -0.2) is 20.2 Å². The van der Waals surface area contributed by atoms with Gasteiger partial charge >= 0.3 is 0 Å². The molecule has 0 fully saturated rings. The standard InChI is InChI=1S/C16H13N5S2/c1-10-11(2)20-21-15(13(10)7-17)22-8-12-9-23-16(19-12)14-5-3-4-6-18-14/h3-6,9H,8H2,1-2H3. The first-order chi connectivity index (χ1) is 11.2. The van der Waals surface area contributed by atoms with Gasteiger partial charge < -0.3 is 0 Å². The summed E-state index contributed by atoms with van der Waals surface area (Å²) < 4.78 is 0. The van der Waals surface area contributed by atoms with Gasteiger partial charge in [0.1, 0.15) is 16.1 Å². The van der Waals surface area contributed by atoms with E-state index in [1.54, 1.807) is 17.5 Å². The Balaban J connectivity index is 1.77. The van der Waals surface area contributed by atoms with E-state index >= 15 is 0 Å². The highest BCUT2D eigenvalue weighted by atomic mass is 32.2. The Kier molecular flexibility index (Phi) is 4.65. The summed E-state index contributed by atoms with van der Waals surface area (Å²) in [4.78, 5) is 8.90. The molecule has 0 unspecified atom stereocenters. The summed E-state index contributed by atoms with van der Waals surface area (Å²) in [6.45, 7) is 3.76. The molecule has 23 heavy (non-hydrogen) atoms. The lowest BCUT2D eigenvalue weighted by Gasteiger charge is -2.05. The maximum absolute atomic E-state index is 9.32. The molecule has 0 radical (unpaired) electrons. The smallest absolute Gasteiger partial charge is 0.142 e. The van der Waals surface area contributed by atoms with Crippen LogP contribution in [0.2, 0.25) is 0 Å². The second-order valence-electron chi connectivity index (χ2n) is 4.85. The van der Waals surface area contributed by atoms with Crippen molar-refractivity contribution in [3.8, 4) is 16.8 Å². The molecule has 0 spiro atoms. The zero-order valence-corrected chi connectivity index (χ0v) is 14.3. The van der Waals surface area contributed by atoms with Gasteiger partial charge in [0, 0.05) is 17.3 Å². The summed E-state index contributed by atoms with van der Waals surface area (Å²) >= 11 is 3.05. The molecule has 0 aliphatic rings. The van der Waals surface area contributed by atoms with Crippen molar-refractivity contribution in [3.63, 3.8) is 0 Å². The minimum atomic E-state index is 0.600. The average molecular weight is 339 g/mol. The number of rotatable bonds is 4. The molecular weight excluding hydrogens is 326 g/mol. The Bertz CT molecular complexity index is 868. The van der Waals surface area contributed by atoms with Crippen LogP contribution in [0, 0.1) is 25.2 Å². The maximum Gasteiger partial charge on any atom is 0.142 e. The third-order valence-corrected chi connectivity index (χ3v) is 5.24. The Morgan fingerprint density at radius 3 is 2.87 bits per heavy atom. The summed E-state index contributed by atoms with van der Waals surface area (Å²) in [5.41, 5.74) is 4.10. The van der Waals surface area contributed by atoms with Crippen LogP contribution in [0.1, 0.15) is 22.5 Å². The van der Waals surface area contributed by atoms with Crippen molar-refractivity contribution in [2.24, 2.45) is 0 Å². The molecule has 0 aliphatic heterocycles. The third kappa shape index (κ3) is 3.38. The van der Waals surface area contributed by atoms with Crippen LogP contribution in [0.4, 0.5) is 0 Å². The Labute approximate surface area is 142 Å². The van der Waals surface area contributed by atoms with Crippen molar-refractivity contribution in [3.05, 3.63) is 52.3 Å². The number of nitriles is 1. The predicted octanol–water partition coefficient (Wildman–Crippen LogP) is 3.78. The number of nitrogens with zero attached hydrogens (tertiary/aromatic N) is 5. The van der Waals surface area contributed by atoms with Gasteiger partial charge in [0.15, 0.2) is 0 Å². The van der Waals surface area contributed by atoms with Crippen LogP contribution in [0.3, 0.4) is 0 Å². The first kappa shape index (κ1) is 15.6. The highest BCUT2D eigenvalue weighted by Crippen LogP contribution is 2.28. The molecule has 3 rings (SSSR count). The fraction of sp³-hybridized carbons (Fsp3) is 0.188. The monoisotopic (exact) mass is 339 g/mol. The van der Waals surface area contributed by atoms with Crippen LogP contribution in [0.25, 0.3) is 10.7 Å². The highest BCUT2D eigenvalue weighted by Gasteiger charge is 2.13. The molecule has 5 nitrogen and oxygen atoms in total. The van der Waals surface area contributed by atoms with Gasteiger partial charge in [-0.25, -0.2) is 4.98 Å². The lowest BCUT2D eigenvalue weighted by atomic mass is 10.1. The molecule has 0 atom stereocenters. The predicted molar refractivity (Wildman–Crippen MR) is 91.1 cm³/mol. The molecule has 0 aromatic carbocycles. The normalized spacial score (nSPS) is 10.5. The minimum Gasteiger partial charge on any atom is -0.254 e. The fourth-order valence-corrected chi connectivity index (χ4v) is 3.72. The lowest BCUT2D eigenvalue weighted by Crippen LogP contribution is -1.99. The van der Waals surface area contributed by atoms with E-state index in [1.165, 1.54) is 11.8 Å². The molecule has 3 heterocycles. The van der Waals surface area contributed by atoms with Gasteiger partial charge in [-0.1, -0.05) is 17.8 Å². The Morgan fingerprint density at radius 2 is 2.13 bits per heavy atom. The van der Waals surface area contributed by atoms with Crippen LogP contribution in [0.15, 0.2) is 34.8 Å². The van der Waals surface area contributed by atoms with Crippen LogP contribution < -0.4 is 0 Å². The number of hydrogen-bond donors (Lipinski definition) is 0. The van der Waals surface area contributed by atoms with Crippen LogP contribution >= 0.6 is 23.1 Å². The Hall–Kier alpha value is -2.30. The molecule has 0 amide bonds. The topological polar surface area (TPSA) is 75.3 Å². The van der Waals surface area contributed by atoms with Crippen LogP contribution in [0.5, 0.6) is 0 Å². The first-order valence-corrected chi connectivity index (χ1v) is 8.78. The van der Waals surface area contributed by atoms with Gasteiger partial charge in [0.05, 0.1) is 22.6 Å². The summed E-state index contributed by atoms with van der Waals surface area (Å²) in [5.74, 6) is 0.648. The van der Waals surface area contributed by atoms with E-state index in [4.69, 9.17) is 0 Å². The summed E-state index contributed by atoms with van der Waals surface area (Å²) in [7, 11) is 0. The van der Waals surface area contributed by atoms with E-state index in [0.29, 0.717) is 16.3 Å². The summed E-state index contributed by atoms with van der Waals surface area (Å²) in [6, 6.07) is 7.99. The average Bonchev–Trinajstić information content (AvgIpc) is 3.06. The second kappa shape index (κ2) is 6.86. The van der Waals surface area contributed by atoms with Gasteiger partial charge in [-0.05, 0) is 31.5 Å². The van der Waals surface area contributed by atoms with Crippen molar-refractivity contribution in [2.75, 3.05) is 0 Å². The van der Waals surface area contributed by atoms with Gasteiger partial charge in [-0.2, -0.15) is 10.4 Å². The number of thioether (sulfide) groups is 1. The summed E-state index contributed by atoms with van der Waals surface area (Å²) in [5, 5.41) is 21.1. The molecule has 0 saturated carbocycles. The number of aromatic nitrogens is 4. The minimum absolute atomic E-state index is 0.600. The van der Waals surface area contributed by atoms with E-state index in [1.807, 2.05) is 37.4 Å². The van der Waals surface area contributed by atoms with Crippen molar-refractivity contribution in [1.82, 2.24) is 20.2 Å². The molecule has 3 aromatic rings. The number of hydrogen-bond acceptors (Lipinski definition) is 7. The zero-order valence-electron chi connectivity index (χ0n) is 12.6. The molecule has 114 valence electrons. The largest absolute Gasteiger partial charge is 0.254 e. The van der Waals surface area contributed by atoms with Crippen molar-refractivity contribution in [1.29, 1.82) is 5.26 Å². The Morgan fingerprint density at radius 1 is 1.26 bits per heavy atom. The lowest BCUT2D eigenvalue weighted by molar-refractivity contribution is 0.870. The molecule has 0 aliphatic carbocycles. The van der Waals surface area contributed by atoms with E-state index in [9.17, 15) is 5.26 Å². The molecule has 3 aromatic heterocycles. The number of aryl methyl sites for hydroxylation is 1. The number of thiazole rings is 1. The van der Waals surface area contributed by atoms with E-state index in [0.717, 1.165) is 27.7 Å². The van der Waals surface area contributed by atoms with Gasteiger partial charge in [0.2, 0.25) is 0 Å². The molecule has 0 saturated heterocycles. The van der Waals surface area contributed by atoms with Gasteiger partial charge in [-0.3, -0.25) is 4.98 Å². The fourth-order valence-electron chi connectivity index (χ4n) is 1.94. The maximum atomic E-state index is 9.32. The van der Waals surface area contributed by atoms with E-state index in [-0.39, 0.29) is 0 Å². The highest BCUT2D eigenvalue weighted by molar-refractivity contribution is 7.98. The molecule has 0 bridgehead atoms. The second-order valence-corrected chi connectivity index (χ2v) is 6.67. The number of pyridine rings is 1. The quantitative estimate of drug-likeness (QED) is 0.673. The first-order valence-electron chi connectivity index (χ1n) is 6.91. The van der Waals surface area contributed by atoms with Crippen molar-refractivity contribution in [2.45, 2.75) is 24.6 Å². The van der Waals surface area contributed by atoms with Crippen LogP contribution in [-0.2, 0) is 5.75 Å². The third-order valence-electron chi connectivity index (χ3n) is 3.33. The molecular formula is C16H13N5S2.